The first-order valence-corrected chi connectivity index (χ1v) is 13.2. The highest BCUT2D eigenvalue weighted by Crippen LogP contribution is 2.26. The molecule has 2 aromatic carbocycles. The first kappa shape index (κ1) is 27.8. The van der Waals surface area contributed by atoms with Crippen LogP contribution in [-0.4, -0.2) is 77.2 Å². The third-order valence-corrected chi connectivity index (χ3v) is 6.83. The summed E-state index contributed by atoms with van der Waals surface area (Å²) in [5, 5.41) is 6.25. The van der Waals surface area contributed by atoms with E-state index < -0.39 is 35.7 Å². The number of benzene rings is 2. The molecule has 0 spiro atoms. The molecule has 3 aromatic rings. The molecule has 2 saturated heterocycles. The Morgan fingerprint density at radius 1 is 1.07 bits per heavy atom. The fourth-order valence-corrected chi connectivity index (χ4v) is 4.93. The fraction of sp³-hybridized carbons (Fsp3) is 0.357. The molecule has 2 fully saturated rings. The van der Waals surface area contributed by atoms with Crippen molar-refractivity contribution in [1.82, 2.24) is 15.0 Å². The predicted molar refractivity (Wildman–Crippen MR) is 145 cm³/mol. The summed E-state index contributed by atoms with van der Waals surface area (Å²) < 4.78 is 15.5. The number of amides is 3. The molecule has 2 aliphatic rings. The number of nitrogens with one attached hydrogen (secondary N) is 2. The Morgan fingerprint density at radius 2 is 1.80 bits per heavy atom. The second-order valence-electron chi connectivity index (χ2n) is 9.88. The van der Waals surface area contributed by atoms with Gasteiger partial charge in [0.05, 0.1) is 6.61 Å². The van der Waals surface area contributed by atoms with Gasteiger partial charge >= 0.3 is 11.7 Å². The van der Waals surface area contributed by atoms with E-state index in [1.807, 2.05) is 6.92 Å². The van der Waals surface area contributed by atoms with Crippen LogP contribution in [0.1, 0.15) is 35.7 Å². The van der Waals surface area contributed by atoms with Crippen LogP contribution in [0.25, 0.3) is 11.4 Å². The average Bonchev–Trinajstić information content (AvgIpc) is 3.64. The number of aromatic nitrogens is 2. The molecule has 13 heteroatoms. The highest BCUT2D eigenvalue weighted by atomic mass is 16.6. The lowest BCUT2D eigenvalue weighted by atomic mass is 10.1. The maximum atomic E-state index is 13.6. The van der Waals surface area contributed by atoms with E-state index in [9.17, 15) is 24.0 Å². The van der Waals surface area contributed by atoms with E-state index in [0.717, 1.165) is 25.3 Å². The summed E-state index contributed by atoms with van der Waals surface area (Å²) >= 11 is 0. The number of hydrogen-bond donors (Lipinski definition) is 2. The molecule has 41 heavy (non-hydrogen) atoms. The molecule has 5 rings (SSSR count). The van der Waals surface area contributed by atoms with Gasteiger partial charge in [-0.05, 0) is 67.8 Å². The first-order valence-electron chi connectivity index (χ1n) is 13.2. The molecule has 2 atom stereocenters. The topological polar surface area (TPSA) is 164 Å². The minimum Gasteiger partial charge on any atom is -0.449 e. The van der Waals surface area contributed by atoms with Gasteiger partial charge in [-0.15, -0.1) is 0 Å². The maximum absolute atomic E-state index is 13.6. The van der Waals surface area contributed by atoms with Crippen LogP contribution in [-0.2, 0) is 23.9 Å². The number of anilines is 2. The van der Waals surface area contributed by atoms with Crippen molar-refractivity contribution in [2.45, 2.75) is 38.9 Å². The van der Waals surface area contributed by atoms with Gasteiger partial charge in [-0.1, -0.05) is 5.16 Å². The molecule has 2 aliphatic heterocycles. The van der Waals surface area contributed by atoms with Crippen molar-refractivity contribution in [3.05, 3.63) is 64.1 Å². The van der Waals surface area contributed by atoms with Crippen LogP contribution >= 0.6 is 0 Å². The van der Waals surface area contributed by atoms with E-state index in [1.165, 1.54) is 4.90 Å². The van der Waals surface area contributed by atoms with E-state index in [0.29, 0.717) is 35.6 Å². The van der Waals surface area contributed by atoms with Crippen LogP contribution in [0.4, 0.5) is 11.4 Å². The van der Waals surface area contributed by atoms with Crippen LogP contribution in [0.5, 0.6) is 0 Å². The highest BCUT2D eigenvalue weighted by molar-refractivity contribution is 6.05. The number of carbonyl (C=O) groups is 4. The molecule has 2 N–H and O–H groups in total. The number of H-pyrrole nitrogens is 1. The number of nitrogens with zero attached hydrogens (tertiary/aromatic N) is 3. The molecule has 0 bridgehead atoms. The van der Waals surface area contributed by atoms with Crippen LogP contribution < -0.4 is 16.0 Å². The largest absolute Gasteiger partial charge is 0.449 e. The minimum atomic E-state index is -1.58. The fourth-order valence-electron chi connectivity index (χ4n) is 4.93. The number of aryl methyl sites for hydroxylation is 1. The number of esters is 1. The Morgan fingerprint density at radius 3 is 2.46 bits per heavy atom. The lowest BCUT2D eigenvalue weighted by molar-refractivity contribution is -0.167. The SMILES string of the molecule is CC(=O)OC(C(=O)Nc1ccc(-c2noc(=O)[nH]2)cc1)C1OCCN(c2cc(C)cc(C(=O)N3CCCC3)c2)C1=O. The zero-order chi connectivity index (χ0) is 29.1. The lowest BCUT2D eigenvalue weighted by Gasteiger charge is -2.35. The standard InChI is InChI=1S/C28H29N5O8/c1-16-13-19(26(36)32-9-3-4-10-32)15-21(14-16)33-11-12-39-23(27(33)37)22(40-17(2)34)25(35)29-20-7-5-18(6-8-20)24-30-28(38)41-31-24/h5-8,13-15,22-23H,3-4,9-12H2,1-2H3,(H,29,35)(H,30,31,38). The van der Waals surface area contributed by atoms with Gasteiger partial charge in [0.2, 0.25) is 6.10 Å². The van der Waals surface area contributed by atoms with Crippen LogP contribution in [0.15, 0.2) is 51.8 Å². The van der Waals surface area contributed by atoms with Gasteiger partial charge in [0.1, 0.15) is 0 Å². The number of morpholine rings is 1. The molecule has 13 nitrogen and oxygen atoms in total. The van der Waals surface area contributed by atoms with Gasteiger partial charge in [0.15, 0.2) is 11.9 Å². The number of ether oxygens (including phenoxy) is 2. The van der Waals surface area contributed by atoms with Crippen molar-refractivity contribution in [2.24, 2.45) is 0 Å². The molecule has 3 amide bonds. The maximum Gasteiger partial charge on any atom is 0.439 e. The highest BCUT2D eigenvalue weighted by Gasteiger charge is 2.42. The van der Waals surface area contributed by atoms with Gasteiger partial charge in [-0.25, -0.2) is 4.79 Å². The minimum absolute atomic E-state index is 0.0788. The Balaban J connectivity index is 1.35. The van der Waals surface area contributed by atoms with E-state index in [2.05, 4.69) is 20.0 Å². The van der Waals surface area contributed by atoms with Crippen LogP contribution in [0, 0.1) is 6.92 Å². The predicted octanol–water partition coefficient (Wildman–Crippen LogP) is 1.88. The molecule has 2 unspecified atom stereocenters. The lowest BCUT2D eigenvalue weighted by Crippen LogP contribution is -2.56. The molecular formula is C28H29N5O8. The van der Waals surface area contributed by atoms with Gasteiger partial charge in [0.25, 0.3) is 17.7 Å². The van der Waals surface area contributed by atoms with Crippen molar-refractivity contribution in [3.63, 3.8) is 0 Å². The number of aromatic amines is 1. The molecule has 214 valence electrons. The number of likely N-dealkylation sites (tertiary alicyclic amines) is 1. The third kappa shape index (κ3) is 6.19. The monoisotopic (exact) mass is 563 g/mol. The second kappa shape index (κ2) is 11.8. The van der Waals surface area contributed by atoms with Crippen molar-refractivity contribution in [1.29, 1.82) is 0 Å². The summed E-state index contributed by atoms with van der Waals surface area (Å²) in [6.07, 6.45) is -1.07. The van der Waals surface area contributed by atoms with Crippen molar-refractivity contribution >= 4 is 35.1 Å². The second-order valence-corrected chi connectivity index (χ2v) is 9.88. The summed E-state index contributed by atoms with van der Waals surface area (Å²) in [6.45, 7) is 4.64. The average molecular weight is 564 g/mol. The number of hydrogen-bond acceptors (Lipinski definition) is 9. The first-order chi connectivity index (χ1) is 19.7. The number of rotatable bonds is 7. The van der Waals surface area contributed by atoms with E-state index in [4.69, 9.17) is 9.47 Å². The quantitative estimate of drug-likeness (QED) is 0.408. The molecule has 0 radical (unpaired) electrons. The Bertz CT molecular complexity index is 1520. The van der Waals surface area contributed by atoms with E-state index >= 15 is 0 Å². The molecule has 0 saturated carbocycles. The Kier molecular flexibility index (Phi) is 7.97. The smallest absolute Gasteiger partial charge is 0.439 e. The van der Waals surface area contributed by atoms with Crippen molar-refractivity contribution in [3.8, 4) is 11.4 Å². The van der Waals surface area contributed by atoms with Crippen LogP contribution in [0.3, 0.4) is 0 Å². The molecule has 1 aromatic heterocycles. The summed E-state index contributed by atoms with van der Waals surface area (Å²) in [5.74, 6) is -2.69. The van der Waals surface area contributed by atoms with Crippen molar-refractivity contribution < 1.29 is 33.2 Å². The zero-order valence-electron chi connectivity index (χ0n) is 22.5. The number of carbonyl (C=O) groups excluding carboxylic acids is 4. The summed E-state index contributed by atoms with van der Waals surface area (Å²) in [5.41, 5.74) is 2.64. The molecule has 0 aliphatic carbocycles. The Labute approximate surface area is 234 Å². The summed E-state index contributed by atoms with van der Waals surface area (Å²) in [6, 6.07) is 11.5. The molecule has 3 heterocycles. The van der Waals surface area contributed by atoms with E-state index in [-0.39, 0.29) is 24.9 Å². The van der Waals surface area contributed by atoms with Crippen molar-refractivity contribution in [2.75, 3.05) is 36.5 Å². The van der Waals surface area contributed by atoms with Gasteiger partial charge in [0, 0.05) is 49.1 Å². The normalized spacial score (nSPS) is 17.8. The third-order valence-electron chi connectivity index (χ3n) is 6.83. The van der Waals surface area contributed by atoms with Gasteiger partial charge < -0.3 is 24.6 Å². The summed E-state index contributed by atoms with van der Waals surface area (Å²) in [7, 11) is 0. The van der Waals surface area contributed by atoms with Gasteiger partial charge in [-0.2, -0.15) is 0 Å². The van der Waals surface area contributed by atoms with Gasteiger partial charge in [-0.3, -0.25) is 28.7 Å². The molecular weight excluding hydrogens is 534 g/mol. The summed E-state index contributed by atoms with van der Waals surface area (Å²) in [4.78, 5) is 68.8. The van der Waals surface area contributed by atoms with E-state index in [1.54, 1.807) is 47.4 Å². The Hall–Kier alpha value is -4.78. The van der Waals surface area contributed by atoms with Crippen LogP contribution in [0.2, 0.25) is 0 Å². The zero-order valence-corrected chi connectivity index (χ0v) is 22.5.